The molecule has 0 radical (unpaired) electrons. The van der Waals surface area contributed by atoms with E-state index in [0.717, 1.165) is 5.56 Å². The molecule has 198 valence electrons. The van der Waals surface area contributed by atoms with E-state index in [1.807, 2.05) is 12.1 Å². The lowest BCUT2D eigenvalue weighted by Gasteiger charge is -2.15. The van der Waals surface area contributed by atoms with Crippen molar-refractivity contribution in [3.63, 3.8) is 0 Å². The molecule has 0 spiro atoms. The van der Waals surface area contributed by atoms with E-state index < -0.39 is 17.8 Å². The number of amidine groups is 1. The summed E-state index contributed by atoms with van der Waals surface area (Å²) in [6, 6.07) is 18.0. The van der Waals surface area contributed by atoms with Crippen molar-refractivity contribution in [1.29, 1.82) is 0 Å². The fourth-order valence-electron chi connectivity index (χ4n) is 3.46. The van der Waals surface area contributed by atoms with E-state index >= 15 is 0 Å². The van der Waals surface area contributed by atoms with Gasteiger partial charge in [-0.15, -0.1) is 0 Å². The Kier molecular flexibility index (Phi) is 9.42. The van der Waals surface area contributed by atoms with Gasteiger partial charge in [-0.2, -0.15) is 0 Å². The summed E-state index contributed by atoms with van der Waals surface area (Å²) in [6.07, 6.45) is 0. The van der Waals surface area contributed by atoms with E-state index in [-0.39, 0.29) is 36.0 Å². The number of carbonyl (C=O) groups excluding carboxylic acids is 3. The average Bonchev–Trinajstić information content (AvgIpc) is 2.92. The molecule has 0 saturated heterocycles. The first-order chi connectivity index (χ1) is 18.2. The molecule has 0 aliphatic carbocycles. The Bertz CT molecular complexity index is 1340. The number of rotatable bonds is 10. The molecule has 0 aromatic heterocycles. The normalized spacial score (nSPS) is 11.1. The average molecular weight is 519 g/mol. The van der Waals surface area contributed by atoms with Crippen molar-refractivity contribution in [2.75, 3.05) is 23.8 Å². The number of ether oxygens (including phenoxy) is 2. The molecule has 0 saturated carbocycles. The van der Waals surface area contributed by atoms with Gasteiger partial charge in [0.25, 0.3) is 11.8 Å². The third-order valence-corrected chi connectivity index (χ3v) is 5.52. The van der Waals surface area contributed by atoms with Crippen LogP contribution in [0.4, 0.5) is 11.4 Å². The number of nitrogens with one attached hydrogen (secondary N) is 2. The molecule has 0 fully saturated rings. The van der Waals surface area contributed by atoms with Crippen LogP contribution >= 0.6 is 0 Å². The molecular formula is C28H30N4O6. The molecule has 2 amide bonds. The van der Waals surface area contributed by atoms with Gasteiger partial charge in [0.1, 0.15) is 5.75 Å². The molecule has 0 bridgehead atoms. The Labute approximate surface area is 220 Å². The number of benzene rings is 3. The summed E-state index contributed by atoms with van der Waals surface area (Å²) in [5, 5.41) is 17.4. The van der Waals surface area contributed by atoms with E-state index in [1.54, 1.807) is 49.4 Å². The maximum absolute atomic E-state index is 13.0. The van der Waals surface area contributed by atoms with Crippen LogP contribution in [-0.2, 0) is 9.53 Å². The summed E-state index contributed by atoms with van der Waals surface area (Å²) in [5.41, 5.74) is 8.31. The predicted molar refractivity (Wildman–Crippen MR) is 144 cm³/mol. The third-order valence-electron chi connectivity index (χ3n) is 5.52. The van der Waals surface area contributed by atoms with Crippen molar-refractivity contribution in [1.82, 2.24) is 0 Å². The molecule has 3 rings (SSSR count). The largest absolute Gasteiger partial charge is 0.482 e. The molecule has 5 N–H and O–H groups in total. The highest BCUT2D eigenvalue weighted by Gasteiger charge is 2.16. The number of nitrogens with two attached hydrogens (primary N) is 1. The molecule has 0 aliphatic rings. The van der Waals surface area contributed by atoms with E-state index in [4.69, 9.17) is 20.4 Å². The SMILES string of the molecule is CCOC(=O)COc1ccc(NC(=O)c2cccc(C(N)=NO)c2)c(NC(=O)c2ccc(C(C)C)cc2)c1. The number of anilines is 2. The first kappa shape index (κ1) is 27.7. The van der Waals surface area contributed by atoms with Crippen LogP contribution in [0.5, 0.6) is 5.75 Å². The minimum Gasteiger partial charge on any atom is -0.482 e. The molecule has 3 aromatic rings. The van der Waals surface area contributed by atoms with Crippen molar-refractivity contribution in [3.05, 3.63) is 89.0 Å². The van der Waals surface area contributed by atoms with E-state index in [1.165, 1.54) is 12.1 Å². The van der Waals surface area contributed by atoms with Crippen molar-refractivity contribution in [3.8, 4) is 5.75 Å². The fourth-order valence-corrected chi connectivity index (χ4v) is 3.46. The molecule has 38 heavy (non-hydrogen) atoms. The second-order valence-electron chi connectivity index (χ2n) is 8.55. The van der Waals surface area contributed by atoms with Gasteiger partial charge in [0.15, 0.2) is 12.4 Å². The zero-order valence-corrected chi connectivity index (χ0v) is 21.4. The van der Waals surface area contributed by atoms with Crippen LogP contribution < -0.4 is 21.1 Å². The summed E-state index contributed by atoms with van der Waals surface area (Å²) in [6.45, 7) is 5.72. The van der Waals surface area contributed by atoms with Crippen LogP contribution in [0.15, 0.2) is 71.9 Å². The highest BCUT2D eigenvalue weighted by molar-refractivity contribution is 6.11. The number of oxime groups is 1. The summed E-state index contributed by atoms with van der Waals surface area (Å²) in [5.74, 6) is -0.956. The number of amides is 2. The Morgan fingerprint density at radius 3 is 2.21 bits per heavy atom. The van der Waals surface area contributed by atoms with E-state index in [0.29, 0.717) is 22.7 Å². The Hall–Kier alpha value is -4.86. The first-order valence-corrected chi connectivity index (χ1v) is 11.9. The molecule has 3 aromatic carbocycles. The second kappa shape index (κ2) is 12.9. The van der Waals surface area contributed by atoms with Crippen LogP contribution in [0.25, 0.3) is 0 Å². The standard InChI is InChI=1S/C28H30N4O6/c1-4-37-25(33)16-38-22-12-13-23(30-28(35)21-7-5-6-20(14-21)26(29)32-36)24(15-22)31-27(34)19-10-8-18(9-11-19)17(2)3/h5-15,17,36H,4,16H2,1-3H3,(H2,29,32)(H,30,35)(H,31,34). The van der Waals surface area contributed by atoms with Gasteiger partial charge in [-0.05, 0) is 54.8 Å². The Morgan fingerprint density at radius 2 is 1.55 bits per heavy atom. The maximum atomic E-state index is 13.0. The van der Waals surface area contributed by atoms with Gasteiger partial charge in [-0.1, -0.05) is 43.3 Å². The van der Waals surface area contributed by atoms with Gasteiger partial charge >= 0.3 is 5.97 Å². The minimum absolute atomic E-state index is 0.140. The number of hydrogen-bond donors (Lipinski definition) is 4. The van der Waals surface area contributed by atoms with Gasteiger partial charge in [0, 0.05) is 22.8 Å². The molecule has 10 heteroatoms. The van der Waals surface area contributed by atoms with Crippen LogP contribution in [0, 0.1) is 0 Å². The third kappa shape index (κ3) is 7.33. The Balaban J connectivity index is 1.87. The number of esters is 1. The first-order valence-electron chi connectivity index (χ1n) is 11.9. The second-order valence-corrected chi connectivity index (χ2v) is 8.55. The van der Waals surface area contributed by atoms with E-state index in [2.05, 4.69) is 29.6 Å². The van der Waals surface area contributed by atoms with Crippen molar-refractivity contribution in [2.45, 2.75) is 26.7 Å². The zero-order valence-electron chi connectivity index (χ0n) is 21.4. The topological polar surface area (TPSA) is 152 Å². The Morgan fingerprint density at radius 1 is 0.895 bits per heavy atom. The van der Waals surface area contributed by atoms with Crippen molar-refractivity contribution in [2.24, 2.45) is 10.9 Å². The van der Waals surface area contributed by atoms with Gasteiger partial charge in [-0.3, -0.25) is 9.59 Å². The maximum Gasteiger partial charge on any atom is 0.344 e. The summed E-state index contributed by atoms with van der Waals surface area (Å²) in [7, 11) is 0. The van der Waals surface area contributed by atoms with Crippen molar-refractivity contribution >= 4 is 35.0 Å². The summed E-state index contributed by atoms with van der Waals surface area (Å²) < 4.78 is 10.4. The fraction of sp³-hybridized carbons (Fsp3) is 0.214. The highest BCUT2D eigenvalue weighted by Crippen LogP contribution is 2.29. The molecule has 0 aliphatic heterocycles. The number of carbonyl (C=O) groups is 3. The number of hydrogen-bond acceptors (Lipinski definition) is 7. The van der Waals surface area contributed by atoms with Crippen molar-refractivity contribution < 1.29 is 29.1 Å². The highest BCUT2D eigenvalue weighted by atomic mass is 16.6. The number of nitrogens with zero attached hydrogens (tertiary/aromatic N) is 1. The van der Waals surface area contributed by atoms with Gasteiger partial charge < -0.3 is 31.0 Å². The van der Waals surface area contributed by atoms with Gasteiger partial charge in [-0.25, -0.2) is 4.79 Å². The van der Waals surface area contributed by atoms with Crippen LogP contribution in [0.1, 0.15) is 58.5 Å². The smallest absolute Gasteiger partial charge is 0.344 e. The van der Waals surface area contributed by atoms with Gasteiger partial charge in [0.2, 0.25) is 0 Å². The van der Waals surface area contributed by atoms with Gasteiger partial charge in [0.05, 0.1) is 18.0 Å². The predicted octanol–water partition coefficient (Wildman–Crippen LogP) is 4.35. The monoisotopic (exact) mass is 518 g/mol. The summed E-state index contributed by atoms with van der Waals surface area (Å²) in [4.78, 5) is 37.7. The summed E-state index contributed by atoms with van der Waals surface area (Å²) >= 11 is 0. The quantitative estimate of drug-likeness (QED) is 0.102. The van der Waals surface area contributed by atoms with Crippen LogP contribution in [0.3, 0.4) is 0 Å². The van der Waals surface area contributed by atoms with Crippen LogP contribution in [0.2, 0.25) is 0 Å². The molecular weight excluding hydrogens is 488 g/mol. The zero-order chi connectivity index (χ0) is 27.7. The molecule has 10 nitrogen and oxygen atoms in total. The lowest BCUT2D eigenvalue weighted by Crippen LogP contribution is -2.19. The minimum atomic E-state index is -0.536. The molecule has 0 atom stereocenters. The van der Waals surface area contributed by atoms with Crippen LogP contribution in [-0.4, -0.2) is 42.0 Å². The molecule has 0 heterocycles. The lowest BCUT2D eigenvalue weighted by atomic mass is 10.0. The van der Waals surface area contributed by atoms with E-state index in [9.17, 15) is 14.4 Å². The lowest BCUT2D eigenvalue weighted by molar-refractivity contribution is -0.145. The molecule has 0 unspecified atom stereocenters.